The molecule has 1 N–H and O–H groups in total. The van der Waals surface area contributed by atoms with E-state index in [9.17, 15) is 4.79 Å². The fourth-order valence-corrected chi connectivity index (χ4v) is 2.29. The van der Waals surface area contributed by atoms with Crippen LogP contribution in [-0.2, 0) is 0 Å². The third-order valence-corrected chi connectivity index (χ3v) is 3.43. The standard InChI is InChI=1S/C17H18ClNO4/c1-4-23-16-9-11(5-7-15(16)22-3)17(20)19-12-6-8-14(21-2)13(18)10-12/h5-10H,4H2,1-3H3,(H,19,20). The van der Waals surface area contributed by atoms with Crippen molar-refractivity contribution >= 4 is 23.2 Å². The Kier molecular flexibility index (Phi) is 5.71. The number of nitrogens with one attached hydrogen (secondary N) is 1. The van der Waals surface area contributed by atoms with Gasteiger partial charge in [0, 0.05) is 11.3 Å². The summed E-state index contributed by atoms with van der Waals surface area (Å²) in [5.41, 5.74) is 1.04. The molecule has 0 saturated carbocycles. The molecular weight excluding hydrogens is 318 g/mol. The molecule has 0 saturated heterocycles. The first-order valence-electron chi connectivity index (χ1n) is 7.04. The number of carbonyl (C=O) groups is 1. The van der Waals surface area contributed by atoms with E-state index >= 15 is 0 Å². The molecule has 0 aliphatic heterocycles. The Hall–Kier alpha value is -2.40. The van der Waals surface area contributed by atoms with Gasteiger partial charge in [-0.3, -0.25) is 4.79 Å². The van der Waals surface area contributed by atoms with Gasteiger partial charge in [0.25, 0.3) is 5.91 Å². The van der Waals surface area contributed by atoms with Crippen LogP contribution < -0.4 is 19.5 Å². The van der Waals surface area contributed by atoms with Crippen molar-refractivity contribution in [1.82, 2.24) is 0 Å². The van der Waals surface area contributed by atoms with Crippen LogP contribution in [0.25, 0.3) is 0 Å². The number of amides is 1. The van der Waals surface area contributed by atoms with E-state index in [2.05, 4.69) is 5.32 Å². The number of benzene rings is 2. The molecule has 1 amide bonds. The number of methoxy groups -OCH3 is 2. The van der Waals surface area contributed by atoms with E-state index in [1.54, 1.807) is 43.5 Å². The molecule has 0 aliphatic carbocycles. The van der Waals surface area contributed by atoms with E-state index in [1.807, 2.05) is 6.92 Å². The van der Waals surface area contributed by atoms with Crippen LogP contribution in [0.4, 0.5) is 5.69 Å². The van der Waals surface area contributed by atoms with Gasteiger partial charge in [0.15, 0.2) is 11.5 Å². The lowest BCUT2D eigenvalue weighted by Gasteiger charge is -2.12. The SMILES string of the molecule is CCOc1cc(C(=O)Nc2ccc(OC)c(Cl)c2)ccc1OC. The quantitative estimate of drug-likeness (QED) is 0.866. The zero-order chi connectivity index (χ0) is 16.8. The summed E-state index contributed by atoms with van der Waals surface area (Å²) in [5, 5.41) is 3.21. The van der Waals surface area contributed by atoms with E-state index in [4.69, 9.17) is 25.8 Å². The van der Waals surface area contributed by atoms with Crippen LogP contribution in [0.5, 0.6) is 17.2 Å². The van der Waals surface area contributed by atoms with Crippen LogP contribution in [-0.4, -0.2) is 26.7 Å². The molecule has 122 valence electrons. The lowest BCUT2D eigenvalue weighted by molar-refractivity contribution is 0.102. The van der Waals surface area contributed by atoms with Crippen LogP contribution >= 0.6 is 11.6 Å². The minimum atomic E-state index is -0.269. The highest BCUT2D eigenvalue weighted by molar-refractivity contribution is 6.32. The Morgan fingerprint density at radius 3 is 2.35 bits per heavy atom. The second kappa shape index (κ2) is 7.74. The van der Waals surface area contributed by atoms with Gasteiger partial charge in [0.05, 0.1) is 25.8 Å². The van der Waals surface area contributed by atoms with Gasteiger partial charge >= 0.3 is 0 Å². The van der Waals surface area contributed by atoms with E-state index in [-0.39, 0.29) is 5.91 Å². The summed E-state index contributed by atoms with van der Waals surface area (Å²) in [6, 6.07) is 10.0. The molecule has 2 aromatic rings. The van der Waals surface area contributed by atoms with E-state index in [1.165, 1.54) is 7.11 Å². The molecule has 0 unspecified atom stereocenters. The summed E-state index contributed by atoms with van der Waals surface area (Å²) < 4.78 is 15.8. The highest BCUT2D eigenvalue weighted by Gasteiger charge is 2.12. The average molecular weight is 336 g/mol. The molecule has 5 nitrogen and oxygen atoms in total. The van der Waals surface area contributed by atoms with Gasteiger partial charge in [-0.25, -0.2) is 0 Å². The molecule has 2 rings (SSSR count). The van der Waals surface area contributed by atoms with E-state index in [0.29, 0.717) is 40.1 Å². The molecule has 0 fully saturated rings. The lowest BCUT2D eigenvalue weighted by atomic mass is 10.2. The Morgan fingerprint density at radius 2 is 1.74 bits per heavy atom. The van der Waals surface area contributed by atoms with Crippen molar-refractivity contribution in [3.63, 3.8) is 0 Å². The van der Waals surface area contributed by atoms with Crippen molar-refractivity contribution in [2.24, 2.45) is 0 Å². The molecule has 0 aromatic heterocycles. The summed E-state index contributed by atoms with van der Waals surface area (Å²) in [6.07, 6.45) is 0. The second-order valence-corrected chi connectivity index (χ2v) is 5.01. The molecule has 0 bridgehead atoms. The summed E-state index contributed by atoms with van der Waals surface area (Å²) in [7, 11) is 3.09. The zero-order valence-electron chi connectivity index (χ0n) is 13.2. The Bertz CT molecular complexity index is 703. The van der Waals surface area contributed by atoms with Gasteiger partial charge in [0.1, 0.15) is 5.75 Å². The molecule has 0 spiro atoms. The van der Waals surface area contributed by atoms with Crippen molar-refractivity contribution in [2.45, 2.75) is 6.92 Å². The van der Waals surface area contributed by atoms with E-state index in [0.717, 1.165) is 0 Å². The summed E-state index contributed by atoms with van der Waals surface area (Å²) in [4.78, 5) is 12.4. The summed E-state index contributed by atoms with van der Waals surface area (Å²) >= 11 is 6.05. The van der Waals surface area contributed by atoms with Crippen molar-refractivity contribution in [3.05, 3.63) is 47.0 Å². The van der Waals surface area contributed by atoms with Gasteiger partial charge in [-0.05, 0) is 43.3 Å². The Morgan fingerprint density at radius 1 is 1.04 bits per heavy atom. The number of carbonyl (C=O) groups excluding carboxylic acids is 1. The smallest absolute Gasteiger partial charge is 0.255 e. The van der Waals surface area contributed by atoms with Crippen molar-refractivity contribution in [2.75, 3.05) is 26.1 Å². The number of anilines is 1. The largest absolute Gasteiger partial charge is 0.495 e. The van der Waals surface area contributed by atoms with Crippen LogP contribution in [0, 0.1) is 0 Å². The third-order valence-electron chi connectivity index (χ3n) is 3.14. The molecule has 6 heteroatoms. The van der Waals surface area contributed by atoms with Crippen molar-refractivity contribution in [1.29, 1.82) is 0 Å². The third kappa shape index (κ3) is 4.07. The summed E-state index contributed by atoms with van der Waals surface area (Å²) in [5.74, 6) is 1.38. The Labute approximate surface area is 140 Å². The van der Waals surface area contributed by atoms with Gasteiger partial charge in [-0.15, -0.1) is 0 Å². The predicted octanol–water partition coefficient (Wildman–Crippen LogP) is 4.01. The molecule has 23 heavy (non-hydrogen) atoms. The van der Waals surface area contributed by atoms with Crippen molar-refractivity contribution in [3.8, 4) is 17.2 Å². The predicted molar refractivity (Wildman–Crippen MR) is 90.1 cm³/mol. The maximum Gasteiger partial charge on any atom is 0.255 e. The minimum Gasteiger partial charge on any atom is -0.495 e. The Balaban J connectivity index is 2.20. The number of halogens is 1. The number of hydrogen-bond acceptors (Lipinski definition) is 4. The lowest BCUT2D eigenvalue weighted by Crippen LogP contribution is -2.12. The second-order valence-electron chi connectivity index (χ2n) is 4.60. The summed E-state index contributed by atoms with van der Waals surface area (Å²) in [6.45, 7) is 2.35. The highest BCUT2D eigenvalue weighted by Crippen LogP contribution is 2.30. The first kappa shape index (κ1) is 17.0. The first-order valence-corrected chi connectivity index (χ1v) is 7.42. The van der Waals surface area contributed by atoms with Gasteiger partial charge in [-0.1, -0.05) is 11.6 Å². The van der Waals surface area contributed by atoms with Gasteiger partial charge in [0.2, 0.25) is 0 Å². The zero-order valence-corrected chi connectivity index (χ0v) is 13.9. The number of ether oxygens (including phenoxy) is 3. The minimum absolute atomic E-state index is 0.269. The number of hydrogen-bond donors (Lipinski definition) is 1. The monoisotopic (exact) mass is 335 g/mol. The van der Waals surface area contributed by atoms with Crippen molar-refractivity contribution < 1.29 is 19.0 Å². The van der Waals surface area contributed by atoms with Crippen LogP contribution in [0.3, 0.4) is 0 Å². The fraction of sp³-hybridized carbons (Fsp3) is 0.235. The molecule has 0 radical (unpaired) electrons. The average Bonchev–Trinajstić information content (AvgIpc) is 2.55. The van der Waals surface area contributed by atoms with Crippen LogP contribution in [0.15, 0.2) is 36.4 Å². The first-order chi connectivity index (χ1) is 11.1. The van der Waals surface area contributed by atoms with Crippen LogP contribution in [0.2, 0.25) is 5.02 Å². The van der Waals surface area contributed by atoms with E-state index < -0.39 is 0 Å². The molecule has 0 heterocycles. The molecule has 2 aromatic carbocycles. The normalized spacial score (nSPS) is 10.1. The molecular formula is C17H18ClNO4. The molecule has 0 aliphatic rings. The van der Waals surface area contributed by atoms with Gasteiger partial charge < -0.3 is 19.5 Å². The maximum atomic E-state index is 12.4. The maximum absolute atomic E-state index is 12.4. The fourth-order valence-electron chi connectivity index (χ4n) is 2.03. The topological polar surface area (TPSA) is 56.8 Å². The highest BCUT2D eigenvalue weighted by atomic mass is 35.5. The molecule has 0 atom stereocenters. The van der Waals surface area contributed by atoms with Crippen LogP contribution in [0.1, 0.15) is 17.3 Å². The van der Waals surface area contributed by atoms with Gasteiger partial charge in [-0.2, -0.15) is 0 Å². The number of rotatable bonds is 6.